The molecule has 0 amide bonds. The third kappa shape index (κ3) is 3.53. The van der Waals surface area contributed by atoms with Crippen LogP contribution in [0.5, 0.6) is 5.75 Å². The van der Waals surface area contributed by atoms with Gasteiger partial charge in [-0.25, -0.2) is 9.18 Å². The highest BCUT2D eigenvalue weighted by Gasteiger charge is 2.05. The molecule has 0 heterocycles. The number of aliphatic carboxylic acids is 1. The Kier molecular flexibility index (Phi) is 3.77. The molecule has 84 valence electrons. The lowest BCUT2D eigenvalue weighted by Crippen LogP contribution is -2.03. The minimum Gasteiger partial charge on any atom is -0.478 e. The van der Waals surface area contributed by atoms with Crippen molar-refractivity contribution < 1.29 is 23.8 Å². The fourth-order valence-corrected chi connectivity index (χ4v) is 1.06. The number of carbonyl (C=O) groups is 2. The Hall–Kier alpha value is -2.17. The highest BCUT2D eigenvalue weighted by atomic mass is 19.1. The summed E-state index contributed by atoms with van der Waals surface area (Å²) in [5.74, 6) is -2.15. The molecule has 0 saturated heterocycles. The number of rotatable bonds is 3. The predicted octanol–water partition coefficient (Wildman–Crippen LogP) is 1.85. The van der Waals surface area contributed by atoms with Crippen LogP contribution < -0.4 is 4.74 Å². The van der Waals surface area contributed by atoms with E-state index in [0.29, 0.717) is 0 Å². The lowest BCUT2D eigenvalue weighted by atomic mass is 10.2. The van der Waals surface area contributed by atoms with E-state index in [1.807, 2.05) is 0 Å². The van der Waals surface area contributed by atoms with Crippen LogP contribution in [0.25, 0.3) is 6.08 Å². The van der Waals surface area contributed by atoms with E-state index in [1.165, 1.54) is 13.0 Å². The quantitative estimate of drug-likeness (QED) is 0.483. The molecule has 1 rings (SSSR count). The van der Waals surface area contributed by atoms with Crippen LogP contribution in [0.4, 0.5) is 4.39 Å². The predicted molar refractivity (Wildman–Crippen MR) is 54.4 cm³/mol. The Morgan fingerprint density at radius 3 is 2.69 bits per heavy atom. The zero-order valence-corrected chi connectivity index (χ0v) is 8.44. The number of ether oxygens (including phenoxy) is 1. The molecular weight excluding hydrogens is 215 g/mol. The van der Waals surface area contributed by atoms with Crippen molar-refractivity contribution in [1.29, 1.82) is 0 Å². The van der Waals surface area contributed by atoms with Crippen LogP contribution in [0.1, 0.15) is 12.5 Å². The fourth-order valence-electron chi connectivity index (χ4n) is 1.06. The number of carboxylic acid groups (broad SMARTS) is 1. The van der Waals surface area contributed by atoms with Crippen molar-refractivity contribution in [3.63, 3.8) is 0 Å². The van der Waals surface area contributed by atoms with Crippen LogP contribution in [-0.2, 0) is 9.59 Å². The van der Waals surface area contributed by atoms with E-state index in [9.17, 15) is 14.0 Å². The molecule has 0 unspecified atom stereocenters. The van der Waals surface area contributed by atoms with E-state index in [2.05, 4.69) is 0 Å². The minimum absolute atomic E-state index is 0.117. The summed E-state index contributed by atoms with van der Waals surface area (Å²) in [7, 11) is 0. The molecule has 0 aromatic heterocycles. The van der Waals surface area contributed by atoms with Gasteiger partial charge in [-0.1, -0.05) is 0 Å². The number of hydrogen-bond donors (Lipinski definition) is 1. The van der Waals surface area contributed by atoms with Crippen molar-refractivity contribution in [3.8, 4) is 5.75 Å². The maximum Gasteiger partial charge on any atom is 0.328 e. The topological polar surface area (TPSA) is 63.6 Å². The largest absolute Gasteiger partial charge is 0.478 e. The number of carboxylic acids is 1. The first-order valence-corrected chi connectivity index (χ1v) is 4.38. The van der Waals surface area contributed by atoms with Crippen LogP contribution >= 0.6 is 0 Å². The second kappa shape index (κ2) is 5.06. The summed E-state index contributed by atoms with van der Waals surface area (Å²) in [5.41, 5.74) is 0.192. The minimum atomic E-state index is -1.17. The number of carbonyl (C=O) groups excluding carboxylic acids is 1. The Labute approximate surface area is 91.0 Å². The van der Waals surface area contributed by atoms with Gasteiger partial charge in [0.1, 0.15) is 11.6 Å². The Balaban J connectivity index is 3.07. The van der Waals surface area contributed by atoms with Gasteiger partial charge < -0.3 is 9.84 Å². The van der Waals surface area contributed by atoms with E-state index < -0.39 is 17.8 Å². The summed E-state index contributed by atoms with van der Waals surface area (Å²) in [6.45, 7) is 1.20. The monoisotopic (exact) mass is 224 g/mol. The molecule has 0 bridgehead atoms. The summed E-state index contributed by atoms with van der Waals surface area (Å²) in [6.07, 6.45) is 1.99. The van der Waals surface area contributed by atoms with Crippen molar-refractivity contribution in [1.82, 2.24) is 0 Å². The zero-order valence-electron chi connectivity index (χ0n) is 8.44. The summed E-state index contributed by atoms with van der Waals surface area (Å²) in [4.78, 5) is 21.0. The molecule has 0 aliphatic rings. The van der Waals surface area contributed by atoms with Crippen LogP contribution in [-0.4, -0.2) is 17.0 Å². The van der Waals surface area contributed by atoms with Gasteiger partial charge in [0, 0.05) is 18.6 Å². The molecule has 0 radical (unpaired) electrons. The van der Waals surface area contributed by atoms with Crippen LogP contribution in [0, 0.1) is 5.82 Å². The number of hydrogen-bond acceptors (Lipinski definition) is 3. The maximum atomic E-state index is 12.9. The molecule has 1 N–H and O–H groups in total. The first kappa shape index (κ1) is 11.9. The normalized spacial score (nSPS) is 10.4. The van der Waals surface area contributed by atoms with Crippen molar-refractivity contribution in [3.05, 3.63) is 35.7 Å². The summed E-state index contributed by atoms with van der Waals surface area (Å²) >= 11 is 0. The van der Waals surface area contributed by atoms with Crippen LogP contribution in [0.3, 0.4) is 0 Å². The van der Waals surface area contributed by atoms with Gasteiger partial charge in [-0.05, 0) is 24.3 Å². The molecule has 16 heavy (non-hydrogen) atoms. The molecule has 0 fully saturated rings. The summed E-state index contributed by atoms with van der Waals surface area (Å²) < 4.78 is 17.7. The Morgan fingerprint density at radius 1 is 1.44 bits per heavy atom. The molecule has 5 heteroatoms. The molecule has 1 aromatic carbocycles. The van der Waals surface area contributed by atoms with Gasteiger partial charge in [-0.2, -0.15) is 0 Å². The van der Waals surface area contributed by atoms with E-state index in [-0.39, 0.29) is 11.3 Å². The average molecular weight is 224 g/mol. The van der Waals surface area contributed by atoms with Gasteiger partial charge in [0.2, 0.25) is 0 Å². The highest BCUT2D eigenvalue weighted by molar-refractivity contribution is 5.86. The molecular formula is C11H9FO4. The summed E-state index contributed by atoms with van der Waals surface area (Å²) in [6, 6.07) is 3.46. The first-order chi connectivity index (χ1) is 7.49. The number of benzene rings is 1. The molecule has 0 aliphatic carbocycles. The summed E-state index contributed by atoms with van der Waals surface area (Å²) in [5, 5.41) is 8.43. The molecule has 0 atom stereocenters. The standard InChI is InChI=1S/C11H9FO4/c1-7(13)16-10-4-3-9(12)6-8(10)2-5-11(14)15/h2-6H,1H3,(H,14,15). The lowest BCUT2D eigenvalue weighted by molar-refractivity contribution is -0.132. The average Bonchev–Trinajstić information content (AvgIpc) is 2.17. The van der Waals surface area contributed by atoms with Crippen molar-refractivity contribution in [2.45, 2.75) is 6.92 Å². The second-order valence-electron chi connectivity index (χ2n) is 2.95. The van der Waals surface area contributed by atoms with Crippen LogP contribution in [0.2, 0.25) is 0 Å². The van der Waals surface area contributed by atoms with Gasteiger partial charge in [0.15, 0.2) is 0 Å². The number of halogens is 1. The lowest BCUT2D eigenvalue weighted by Gasteiger charge is -2.04. The SMILES string of the molecule is CC(=O)Oc1ccc(F)cc1C=CC(=O)O. The Morgan fingerprint density at radius 2 is 2.12 bits per heavy atom. The van der Waals surface area contributed by atoms with Gasteiger partial charge in [0.05, 0.1) is 0 Å². The van der Waals surface area contributed by atoms with Crippen molar-refractivity contribution in [2.24, 2.45) is 0 Å². The van der Waals surface area contributed by atoms with E-state index >= 15 is 0 Å². The second-order valence-corrected chi connectivity index (χ2v) is 2.95. The third-order valence-electron chi connectivity index (χ3n) is 1.63. The Bertz CT molecular complexity index is 451. The van der Waals surface area contributed by atoms with Gasteiger partial charge in [-0.3, -0.25) is 4.79 Å². The molecule has 1 aromatic rings. The zero-order chi connectivity index (χ0) is 12.1. The van der Waals surface area contributed by atoms with Gasteiger partial charge in [-0.15, -0.1) is 0 Å². The molecule has 4 nitrogen and oxygen atoms in total. The third-order valence-corrected chi connectivity index (χ3v) is 1.63. The fraction of sp³-hybridized carbons (Fsp3) is 0.0909. The van der Waals surface area contributed by atoms with E-state index in [4.69, 9.17) is 9.84 Å². The van der Waals surface area contributed by atoms with Crippen molar-refractivity contribution >= 4 is 18.0 Å². The van der Waals surface area contributed by atoms with Gasteiger partial charge >= 0.3 is 11.9 Å². The maximum absolute atomic E-state index is 12.9. The van der Waals surface area contributed by atoms with E-state index in [1.54, 1.807) is 0 Å². The van der Waals surface area contributed by atoms with E-state index in [0.717, 1.165) is 24.3 Å². The first-order valence-electron chi connectivity index (χ1n) is 4.38. The molecule has 0 spiro atoms. The highest BCUT2D eigenvalue weighted by Crippen LogP contribution is 2.21. The van der Waals surface area contributed by atoms with Gasteiger partial charge in [0.25, 0.3) is 0 Å². The van der Waals surface area contributed by atoms with Crippen LogP contribution in [0.15, 0.2) is 24.3 Å². The number of esters is 1. The van der Waals surface area contributed by atoms with Crippen molar-refractivity contribution in [2.75, 3.05) is 0 Å². The molecule has 0 saturated carbocycles. The smallest absolute Gasteiger partial charge is 0.328 e. The molecule has 0 aliphatic heterocycles.